The summed E-state index contributed by atoms with van der Waals surface area (Å²) in [5.41, 5.74) is 1.70. The van der Waals surface area contributed by atoms with E-state index in [9.17, 15) is 4.79 Å². The van der Waals surface area contributed by atoms with E-state index >= 15 is 0 Å². The van der Waals surface area contributed by atoms with Crippen LogP contribution in [0.1, 0.15) is 15.9 Å². The van der Waals surface area contributed by atoms with Gasteiger partial charge >= 0.3 is 5.97 Å². The minimum atomic E-state index is -0.994. The summed E-state index contributed by atoms with van der Waals surface area (Å²) in [4.78, 5) is 18.7. The van der Waals surface area contributed by atoms with E-state index in [1.807, 2.05) is 12.1 Å². The third-order valence-electron chi connectivity index (χ3n) is 2.26. The SMILES string of the molecule is O=C(O)c1cnccc1NCc1cccnc1. The predicted octanol–water partition coefficient (Wildman–Crippen LogP) is 1.79. The van der Waals surface area contributed by atoms with Gasteiger partial charge < -0.3 is 10.4 Å². The summed E-state index contributed by atoms with van der Waals surface area (Å²) in [5, 5.41) is 12.0. The van der Waals surface area contributed by atoms with Gasteiger partial charge in [-0.3, -0.25) is 9.97 Å². The highest BCUT2D eigenvalue weighted by molar-refractivity contribution is 5.93. The fraction of sp³-hybridized carbons (Fsp3) is 0.0833. The highest BCUT2D eigenvalue weighted by atomic mass is 16.4. The molecular formula is C12H11N3O2. The molecule has 2 aromatic heterocycles. The second-order valence-corrected chi connectivity index (χ2v) is 3.44. The van der Waals surface area contributed by atoms with Crippen molar-refractivity contribution in [3.8, 4) is 0 Å². The van der Waals surface area contributed by atoms with Crippen molar-refractivity contribution in [2.75, 3.05) is 5.32 Å². The Balaban J connectivity index is 2.12. The molecule has 0 saturated heterocycles. The van der Waals surface area contributed by atoms with E-state index in [0.29, 0.717) is 12.2 Å². The van der Waals surface area contributed by atoms with Crippen molar-refractivity contribution in [1.29, 1.82) is 0 Å². The number of aromatic nitrogens is 2. The van der Waals surface area contributed by atoms with E-state index in [1.54, 1.807) is 24.7 Å². The van der Waals surface area contributed by atoms with Gasteiger partial charge in [0.2, 0.25) is 0 Å². The standard InChI is InChI=1S/C12H11N3O2/c16-12(17)10-8-14-5-3-11(10)15-7-9-2-1-4-13-6-9/h1-6,8H,7H2,(H,14,15)(H,16,17). The lowest BCUT2D eigenvalue weighted by Crippen LogP contribution is -2.06. The summed E-state index contributed by atoms with van der Waals surface area (Å²) >= 11 is 0. The first-order chi connectivity index (χ1) is 8.27. The number of carboxylic acids is 1. The maximum atomic E-state index is 10.9. The lowest BCUT2D eigenvalue weighted by molar-refractivity contribution is 0.0697. The van der Waals surface area contributed by atoms with Gasteiger partial charge in [-0.2, -0.15) is 0 Å². The van der Waals surface area contributed by atoms with Crippen LogP contribution in [0.4, 0.5) is 5.69 Å². The summed E-state index contributed by atoms with van der Waals surface area (Å²) in [6.45, 7) is 0.526. The van der Waals surface area contributed by atoms with Gasteiger partial charge in [-0.05, 0) is 17.7 Å². The molecule has 0 bridgehead atoms. The fourth-order valence-electron chi connectivity index (χ4n) is 1.42. The number of nitrogens with one attached hydrogen (secondary N) is 1. The first-order valence-electron chi connectivity index (χ1n) is 5.07. The van der Waals surface area contributed by atoms with Gasteiger partial charge in [0.05, 0.1) is 5.69 Å². The zero-order valence-electron chi connectivity index (χ0n) is 9.00. The van der Waals surface area contributed by atoms with Crippen LogP contribution in [0.5, 0.6) is 0 Å². The van der Waals surface area contributed by atoms with Crippen LogP contribution in [0.15, 0.2) is 43.0 Å². The Morgan fingerprint density at radius 1 is 1.24 bits per heavy atom. The molecule has 0 aliphatic carbocycles. The van der Waals surface area contributed by atoms with Crippen LogP contribution in [0.3, 0.4) is 0 Å². The van der Waals surface area contributed by atoms with Gasteiger partial charge in [-0.25, -0.2) is 4.79 Å². The smallest absolute Gasteiger partial charge is 0.339 e. The van der Waals surface area contributed by atoms with E-state index < -0.39 is 5.97 Å². The number of rotatable bonds is 4. The molecule has 0 amide bonds. The molecule has 0 saturated carbocycles. The molecule has 2 rings (SSSR count). The second-order valence-electron chi connectivity index (χ2n) is 3.44. The zero-order valence-corrected chi connectivity index (χ0v) is 9.00. The van der Waals surface area contributed by atoms with Crippen molar-refractivity contribution in [3.63, 3.8) is 0 Å². The van der Waals surface area contributed by atoms with Crippen molar-refractivity contribution < 1.29 is 9.90 Å². The van der Waals surface area contributed by atoms with Gasteiger partial charge in [0, 0.05) is 31.3 Å². The van der Waals surface area contributed by atoms with Crippen LogP contribution in [-0.4, -0.2) is 21.0 Å². The molecule has 0 aromatic carbocycles. The summed E-state index contributed by atoms with van der Waals surface area (Å²) in [7, 11) is 0. The Hall–Kier alpha value is -2.43. The molecule has 5 heteroatoms. The minimum Gasteiger partial charge on any atom is -0.478 e. The van der Waals surface area contributed by atoms with Gasteiger partial charge in [-0.15, -0.1) is 0 Å². The average molecular weight is 229 g/mol. The summed E-state index contributed by atoms with van der Waals surface area (Å²) in [5.74, 6) is -0.994. The molecule has 17 heavy (non-hydrogen) atoms. The maximum absolute atomic E-state index is 10.9. The van der Waals surface area contributed by atoms with Crippen LogP contribution in [-0.2, 0) is 6.54 Å². The van der Waals surface area contributed by atoms with Crippen molar-refractivity contribution >= 4 is 11.7 Å². The molecule has 0 spiro atoms. The molecule has 0 radical (unpaired) electrons. The van der Waals surface area contributed by atoms with Crippen LogP contribution in [0.25, 0.3) is 0 Å². The van der Waals surface area contributed by atoms with E-state index in [4.69, 9.17) is 5.11 Å². The highest BCUT2D eigenvalue weighted by Crippen LogP contribution is 2.14. The number of hydrogen-bond acceptors (Lipinski definition) is 4. The van der Waals surface area contributed by atoms with Crippen molar-refractivity contribution in [2.24, 2.45) is 0 Å². The Morgan fingerprint density at radius 3 is 2.76 bits per heavy atom. The van der Waals surface area contributed by atoms with E-state index in [-0.39, 0.29) is 5.56 Å². The summed E-state index contributed by atoms with van der Waals surface area (Å²) < 4.78 is 0. The third-order valence-corrected chi connectivity index (χ3v) is 2.26. The molecule has 2 heterocycles. The number of nitrogens with zero attached hydrogens (tertiary/aromatic N) is 2. The number of pyridine rings is 2. The minimum absolute atomic E-state index is 0.163. The number of carbonyl (C=O) groups is 1. The molecular weight excluding hydrogens is 218 g/mol. The Labute approximate surface area is 98.2 Å². The van der Waals surface area contributed by atoms with E-state index in [0.717, 1.165) is 5.56 Å². The van der Waals surface area contributed by atoms with Gasteiger partial charge in [0.15, 0.2) is 0 Å². The number of aromatic carboxylic acids is 1. The predicted molar refractivity (Wildman–Crippen MR) is 62.8 cm³/mol. The quantitative estimate of drug-likeness (QED) is 0.835. The molecule has 0 aliphatic rings. The lowest BCUT2D eigenvalue weighted by Gasteiger charge is -2.08. The molecule has 0 unspecified atom stereocenters. The Morgan fingerprint density at radius 2 is 2.06 bits per heavy atom. The summed E-state index contributed by atoms with van der Waals surface area (Å²) in [6, 6.07) is 5.39. The number of hydrogen-bond donors (Lipinski definition) is 2. The molecule has 0 fully saturated rings. The molecule has 0 aliphatic heterocycles. The topological polar surface area (TPSA) is 75.1 Å². The van der Waals surface area contributed by atoms with Crippen LogP contribution >= 0.6 is 0 Å². The normalized spacial score (nSPS) is 9.88. The Kier molecular flexibility index (Phi) is 3.30. The first-order valence-corrected chi connectivity index (χ1v) is 5.07. The molecule has 86 valence electrons. The first kappa shape index (κ1) is 11.1. The van der Waals surface area contributed by atoms with Crippen molar-refractivity contribution in [1.82, 2.24) is 9.97 Å². The van der Waals surface area contributed by atoms with E-state index in [2.05, 4.69) is 15.3 Å². The van der Waals surface area contributed by atoms with Crippen LogP contribution in [0.2, 0.25) is 0 Å². The largest absolute Gasteiger partial charge is 0.478 e. The maximum Gasteiger partial charge on any atom is 0.339 e. The van der Waals surface area contributed by atoms with Gasteiger partial charge in [0.1, 0.15) is 5.56 Å². The number of anilines is 1. The molecule has 5 nitrogen and oxygen atoms in total. The zero-order chi connectivity index (χ0) is 12.1. The van der Waals surface area contributed by atoms with Crippen LogP contribution in [0, 0.1) is 0 Å². The second kappa shape index (κ2) is 5.07. The average Bonchev–Trinajstić information content (AvgIpc) is 2.38. The van der Waals surface area contributed by atoms with Crippen LogP contribution < -0.4 is 5.32 Å². The summed E-state index contributed by atoms with van der Waals surface area (Å²) in [6.07, 6.45) is 6.30. The molecule has 2 aromatic rings. The highest BCUT2D eigenvalue weighted by Gasteiger charge is 2.08. The van der Waals surface area contributed by atoms with E-state index in [1.165, 1.54) is 6.20 Å². The van der Waals surface area contributed by atoms with Crippen molar-refractivity contribution in [2.45, 2.75) is 6.54 Å². The fourth-order valence-corrected chi connectivity index (χ4v) is 1.42. The van der Waals surface area contributed by atoms with Gasteiger partial charge in [-0.1, -0.05) is 6.07 Å². The monoisotopic (exact) mass is 229 g/mol. The lowest BCUT2D eigenvalue weighted by atomic mass is 10.2. The Bertz CT molecular complexity index is 514. The molecule has 0 atom stereocenters. The van der Waals surface area contributed by atoms with Gasteiger partial charge in [0.25, 0.3) is 0 Å². The number of carboxylic acid groups (broad SMARTS) is 1. The third kappa shape index (κ3) is 2.78. The molecule has 2 N–H and O–H groups in total. The van der Waals surface area contributed by atoms with Crippen molar-refractivity contribution in [3.05, 3.63) is 54.1 Å².